The lowest BCUT2D eigenvalue weighted by atomic mass is 10.2. The highest BCUT2D eigenvalue weighted by atomic mass is 16.5. The summed E-state index contributed by atoms with van der Waals surface area (Å²) in [4.78, 5) is 17.6. The van der Waals surface area contributed by atoms with Gasteiger partial charge < -0.3 is 9.64 Å². The van der Waals surface area contributed by atoms with Gasteiger partial charge in [0.05, 0.1) is 12.8 Å². The van der Waals surface area contributed by atoms with Crippen molar-refractivity contribution in [2.24, 2.45) is 0 Å². The molecule has 0 radical (unpaired) electrons. The molecule has 0 bridgehead atoms. The third kappa shape index (κ3) is 3.33. The van der Waals surface area contributed by atoms with Crippen LogP contribution in [0.1, 0.15) is 11.3 Å². The van der Waals surface area contributed by atoms with Gasteiger partial charge in [-0.2, -0.15) is 0 Å². The number of rotatable bonds is 4. The summed E-state index contributed by atoms with van der Waals surface area (Å²) in [6, 6.07) is 5.99. The topological polar surface area (TPSA) is 54.4 Å². The van der Waals surface area contributed by atoms with Gasteiger partial charge in [0.1, 0.15) is 12.1 Å². The van der Waals surface area contributed by atoms with Gasteiger partial charge in [0, 0.05) is 45.0 Å². The maximum atomic E-state index is 5.16. The number of piperazine rings is 1. The maximum absolute atomic E-state index is 5.16. The Kier molecular flexibility index (Phi) is 4.48. The molecule has 1 saturated heterocycles. The first kappa shape index (κ1) is 14.7. The lowest BCUT2D eigenvalue weighted by Gasteiger charge is -2.35. The van der Waals surface area contributed by atoms with Crippen LogP contribution in [-0.4, -0.2) is 53.1 Å². The Morgan fingerprint density at radius 2 is 1.95 bits per heavy atom. The summed E-state index contributed by atoms with van der Waals surface area (Å²) in [5.74, 6) is 1.54. The molecule has 1 fully saturated rings. The van der Waals surface area contributed by atoms with Crippen LogP contribution in [0.5, 0.6) is 5.88 Å². The Bertz CT molecular complexity index is 625. The zero-order valence-corrected chi connectivity index (χ0v) is 13.1. The Labute approximate surface area is 130 Å². The summed E-state index contributed by atoms with van der Waals surface area (Å²) in [5.41, 5.74) is 2.42. The van der Waals surface area contributed by atoms with E-state index < -0.39 is 0 Å². The second kappa shape index (κ2) is 6.70. The smallest absolute Gasteiger partial charge is 0.218 e. The third-order valence-electron chi connectivity index (χ3n) is 4.02. The number of nitrogens with zero attached hydrogens (tertiary/aromatic N) is 5. The summed E-state index contributed by atoms with van der Waals surface area (Å²) in [6.45, 7) is 6.93. The van der Waals surface area contributed by atoms with E-state index in [4.69, 9.17) is 4.74 Å². The van der Waals surface area contributed by atoms with Gasteiger partial charge in [0.25, 0.3) is 0 Å². The van der Waals surface area contributed by atoms with Crippen LogP contribution in [0.25, 0.3) is 0 Å². The van der Waals surface area contributed by atoms with Crippen molar-refractivity contribution in [1.82, 2.24) is 19.9 Å². The molecule has 6 heteroatoms. The van der Waals surface area contributed by atoms with E-state index in [1.807, 2.05) is 18.3 Å². The fourth-order valence-corrected chi connectivity index (χ4v) is 2.65. The van der Waals surface area contributed by atoms with Gasteiger partial charge in [-0.25, -0.2) is 9.97 Å². The summed E-state index contributed by atoms with van der Waals surface area (Å²) in [6.07, 6.45) is 3.42. The van der Waals surface area contributed by atoms with Crippen LogP contribution >= 0.6 is 0 Å². The zero-order chi connectivity index (χ0) is 15.4. The van der Waals surface area contributed by atoms with E-state index in [2.05, 4.69) is 37.7 Å². The van der Waals surface area contributed by atoms with Crippen LogP contribution in [0.2, 0.25) is 0 Å². The molecule has 0 aromatic carbocycles. The molecule has 2 aromatic heterocycles. The second-order valence-electron chi connectivity index (χ2n) is 5.45. The van der Waals surface area contributed by atoms with E-state index >= 15 is 0 Å². The van der Waals surface area contributed by atoms with Gasteiger partial charge in [-0.3, -0.25) is 9.88 Å². The molecule has 3 heterocycles. The van der Waals surface area contributed by atoms with E-state index in [9.17, 15) is 0 Å². The first-order valence-electron chi connectivity index (χ1n) is 7.50. The molecular weight excluding hydrogens is 278 g/mol. The molecular formula is C16H21N5O. The summed E-state index contributed by atoms with van der Waals surface area (Å²) < 4.78 is 5.16. The summed E-state index contributed by atoms with van der Waals surface area (Å²) in [5, 5.41) is 0. The van der Waals surface area contributed by atoms with Gasteiger partial charge in [0.15, 0.2) is 0 Å². The quantitative estimate of drug-likeness (QED) is 0.853. The lowest BCUT2D eigenvalue weighted by molar-refractivity contribution is 0.246. The number of ether oxygens (including phenoxy) is 1. The second-order valence-corrected chi connectivity index (χ2v) is 5.45. The molecule has 1 aliphatic heterocycles. The third-order valence-corrected chi connectivity index (χ3v) is 4.02. The highest BCUT2D eigenvalue weighted by molar-refractivity contribution is 5.41. The van der Waals surface area contributed by atoms with Crippen LogP contribution in [0.4, 0.5) is 5.82 Å². The van der Waals surface area contributed by atoms with Crippen LogP contribution in [0.15, 0.2) is 30.7 Å². The van der Waals surface area contributed by atoms with Crippen molar-refractivity contribution in [3.05, 3.63) is 42.0 Å². The van der Waals surface area contributed by atoms with Crippen molar-refractivity contribution in [3.8, 4) is 5.88 Å². The first-order valence-corrected chi connectivity index (χ1v) is 7.50. The Morgan fingerprint density at radius 1 is 1.14 bits per heavy atom. The SMILES string of the molecule is COc1cc(N2CCN(Cc3ncccc3C)CC2)ncn1. The molecule has 0 aliphatic carbocycles. The van der Waals surface area contributed by atoms with Crippen LogP contribution < -0.4 is 9.64 Å². The number of pyridine rings is 1. The average Bonchev–Trinajstić information content (AvgIpc) is 2.58. The summed E-state index contributed by atoms with van der Waals surface area (Å²) >= 11 is 0. The molecule has 0 saturated carbocycles. The van der Waals surface area contributed by atoms with Crippen molar-refractivity contribution >= 4 is 5.82 Å². The molecule has 0 spiro atoms. The fourth-order valence-electron chi connectivity index (χ4n) is 2.65. The zero-order valence-electron chi connectivity index (χ0n) is 13.1. The van der Waals surface area contributed by atoms with E-state index in [0.717, 1.165) is 38.5 Å². The van der Waals surface area contributed by atoms with Gasteiger partial charge in [-0.05, 0) is 18.6 Å². The fraction of sp³-hybridized carbons (Fsp3) is 0.438. The molecule has 6 nitrogen and oxygen atoms in total. The van der Waals surface area contributed by atoms with E-state index in [1.165, 1.54) is 11.3 Å². The minimum absolute atomic E-state index is 0.608. The van der Waals surface area contributed by atoms with Crippen molar-refractivity contribution in [2.45, 2.75) is 13.5 Å². The van der Waals surface area contributed by atoms with E-state index in [-0.39, 0.29) is 0 Å². The van der Waals surface area contributed by atoms with Crippen molar-refractivity contribution < 1.29 is 4.74 Å². The molecule has 1 aliphatic rings. The Hall–Kier alpha value is -2.21. The monoisotopic (exact) mass is 299 g/mol. The number of aromatic nitrogens is 3. The minimum Gasteiger partial charge on any atom is -0.481 e. The van der Waals surface area contributed by atoms with Crippen LogP contribution in [-0.2, 0) is 6.54 Å². The van der Waals surface area contributed by atoms with Crippen LogP contribution in [0, 0.1) is 6.92 Å². The molecule has 116 valence electrons. The van der Waals surface area contributed by atoms with Gasteiger partial charge in [0.2, 0.25) is 5.88 Å². The number of methoxy groups -OCH3 is 1. The minimum atomic E-state index is 0.608. The molecule has 2 aromatic rings. The molecule has 3 rings (SSSR count). The van der Waals surface area contributed by atoms with Crippen molar-refractivity contribution in [2.75, 3.05) is 38.2 Å². The molecule has 0 unspecified atom stereocenters. The van der Waals surface area contributed by atoms with Crippen LogP contribution in [0.3, 0.4) is 0 Å². The maximum Gasteiger partial charge on any atom is 0.218 e. The lowest BCUT2D eigenvalue weighted by Crippen LogP contribution is -2.46. The van der Waals surface area contributed by atoms with Gasteiger partial charge in [-0.15, -0.1) is 0 Å². The number of anilines is 1. The molecule has 22 heavy (non-hydrogen) atoms. The number of aryl methyl sites for hydroxylation is 1. The molecule has 0 amide bonds. The van der Waals surface area contributed by atoms with Crippen molar-refractivity contribution in [3.63, 3.8) is 0 Å². The van der Waals surface area contributed by atoms with E-state index in [0.29, 0.717) is 5.88 Å². The predicted molar refractivity (Wildman–Crippen MR) is 85.0 cm³/mol. The van der Waals surface area contributed by atoms with E-state index in [1.54, 1.807) is 13.4 Å². The van der Waals surface area contributed by atoms with Gasteiger partial charge >= 0.3 is 0 Å². The predicted octanol–water partition coefficient (Wildman–Crippen LogP) is 1.51. The Morgan fingerprint density at radius 3 is 2.68 bits per heavy atom. The summed E-state index contributed by atoms with van der Waals surface area (Å²) in [7, 11) is 1.62. The van der Waals surface area contributed by atoms with Gasteiger partial charge in [-0.1, -0.05) is 6.07 Å². The highest BCUT2D eigenvalue weighted by Gasteiger charge is 2.19. The molecule has 0 atom stereocenters. The normalized spacial score (nSPS) is 15.8. The first-order chi connectivity index (χ1) is 10.8. The average molecular weight is 299 g/mol. The number of hydrogen-bond acceptors (Lipinski definition) is 6. The molecule has 0 N–H and O–H groups in total. The standard InChI is InChI=1S/C16H21N5O/c1-13-4-3-5-17-14(13)11-20-6-8-21(9-7-20)15-10-16(22-2)19-12-18-15/h3-5,10,12H,6-9,11H2,1-2H3. The largest absolute Gasteiger partial charge is 0.481 e. The van der Waals surface area contributed by atoms with Crippen molar-refractivity contribution in [1.29, 1.82) is 0 Å². The number of hydrogen-bond donors (Lipinski definition) is 0. The Balaban J connectivity index is 1.59. The highest BCUT2D eigenvalue weighted by Crippen LogP contribution is 2.18.